The van der Waals surface area contributed by atoms with E-state index in [1.165, 1.54) is 7.11 Å². The molecule has 0 radical (unpaired) electrons. The highest BCUT2D eigenvalue weighted by molar-refractivity contribution is 5.89. The van der Waals surface area contributed by atoms with Gasteiger partial charge in [0.1, 0.15) is 5.75 Å². The van der Waals surface area contributed by atoms with Crippen molar-refractivity contribution in [2.75, 3.05) is 27.8 Å². The Morgan fingerprint density at radius 2 is 2.04 bits per heavy atom. The summed E-state index contributed by atoms with van der Waals surface area (Å²) in [5.41, 5.74) is 1.50. The fraction of sp³-hybridized carbons (Fsp3) is 0.579. The number of rotatable bonds is 5. The third-order valence-corrected chi connectivity index (χ3v) is 5.57. The molecule has 1 aromatic carbocycles. The first-order valence-corrected chi connectivity index (χ1v) is 8.74. The van der Waals surface area contributed by atoms with E-state index in [4.69, 9.17) is 9.47 Å². The van der Waals surface area contributed by atoms with Gasteiger partial charge in [0.2, 0.25) is 5.91 Å². The van der Waals surface area contributed by atoms with E-state index in [0.717, 1.165) is 30.7 Å². The van der Waals surface area contributed by atoms with Gasteiger partial charge in [-0.3, -0.25) is 9.69 Å². The van der Waals surface area contributed by atoms with E-state index in [1.807, 2.05) is 12.1 Å². The number of piperidine rings is 1. The lowest BCUT2D eigenvalue weighted by Gasteiger charge is -2.25. The summed E-state index contributed by atoms with van der Waals surface area (Å²) in [7, 11) is 5.12. The van der Waals surface area contributed by atoms with E-state index in [0.29, 0.717) is 36.4 Å². The summed E-state index contributed by atoms with van der Waals surface area (Å²) in [5.74, 6) is 1.67. The van der Waals surface area contributed by atoms with Crippen molar-refractivity contribution >= 4 is 11.9 Å². The Hall–Kier alpha value is -2.08. The molecule has 2 fully saturated rings. The van der Waals surface area contributed by atoms with Gasteiger partial charge in [-0.15, -0.1) is 0 Å². The zero-order chi connectivity index (χ0) is 18.0. The Balaban J connectivity index is 1.71. The van der Waals surface area contributed by atoms with Gasteiger partial charge in [-0.05, 0) is 49.9 Å². The van der Waals surface area contributed by atoms with Gasteiger partial charge in [0.05, 0.1) is 19.8 Å². The summed E-state index contributed by atoms with van der Waals surface area (Å²) in [4.78, 5) is 25.7. The molecule has 1 aliphatic heterocycles. The molecular formula is C19H26N2O4. The number of hydrogen-bond donors (Lipinski definition) is 1. The molecule has 0 bridgehead atoms. The van der Waals surface area contributed by atoms with Crippen molar-refractivity contribution in [3.63, 3.8) is 0 Å². The van der Waals surface area contributed by atoms with E-state index in [-0.39, 0.29) is 11.9 Å². The van der Waals surface area contributed by atoms with Gasteiger partial charge in [0, 0.05) is 31.1 Å². The van der Waals surface area contributed by atoms with Crippen molar-refractivity contribution < 1.29 is 19.1 Å². The van der Waals surface area contributed by atoms with Crippen LogP contribution in [0.5, 0.6) is 5.75 Å². The zero-order valence-electron chi connectivity index (χ0n) is 15.1. The molecule has 6 heteroatoms. The van der Waals surface area contributed by atoms with Crippen LogP contribution in [-0.4, -0.2) is 50.6 Å². The topological polar surface area (TPSA) is 67.9 Å². The molecule has 25 heavy (non-hydrogen) atoms. The van der Waals surface area contributed by atoms with E-state index < -0.39 is 0 Å². The second-order valence-electron chi connectivity index (χ2n) is 7.09. The lowest BCUT2D eigenvalue weighted by molar-refractivity contribution is -0.124. The van der Waals surface area contributed by atoms with Gasteiger partial charge < -0.3 is 14.8 Å². The molecule has 3 rings (SSSR count). The molecule has 0 unspecified atom stereocenters. The molecule has 2 aliphatic rings. The van der Waals surface area contributed by atoms with Crippen LogP contribution >= 0.6 is 0 Å². The first-order valence-electron chi connectivity index (χ1n) is 8.74. The van der Waals surface area contributed by atoms with Crippen molar-refractivity contribution in [1.82, 2.24) is 10.2 Å². The van der Waals surface area contributed by atoms with Crippen LogP contribution < -0.4 is 10.1 Å². The molecular weight excluding hydrogens is 320 g/mol. The molecule has 1 aromatic rings. The monoisotopic (exact) mass is 346 g/mol. The molecule has 136 valence electrons. The molecule has 1 N–H and O–H groups in total. The van der Waals surface area contributed by atoms with Crippen molar-refractivity contribution in [3.8, 4) is 5.75 Å². The third-order valence-electron chi connectivity index (χ3n) is 5.57. The summed E-state index contributed by atoms with van der Waals surface area (Å²) < 4.78 is 10.3. The number of carbonyl (C=O) groups excluding carboxylic acids is 2. The molecule has 1 amide bonds. The van der Waals surface area contributed by atoms with Crippen molar-refractivity contribution in [2.45, 2.75) is 31.8 Å². The second kappa shape index (κ2) is 7.44. The summed E-state index contributed by atoms with van der Waals surface area (Å²) in [6.07, 6.45) is 2.80. The smallest absolute Gasteiger partial charge is 0.337 e. The number of ether oxygens (including phenoxy) is 2. The van der Waals surface area contributed by atoms with E-state index >= 15 is 0 Å². The van der Waals surface area contributed by atoms with Gasteiger partial charge in [0.25, 0.3) is 0 Å². The molecule has 0 aromatic heterocycles. The highest BCUT2D eigenvalue weighted by Crippen LogP contribution is 2.38. The lowest BCUT2D eigenvalue weighted by atomic mass is 9.89. The Labute approximate surface area is 148 Å². The molecule has 6 nitrogen and oxygen atoms in total. The zero-order valence-corrected chi connectivity index (χ0v) is 15.1. The average molecular weight is 346 g/mol. The van der Waals surface area contributed by atoms with Crippen LogP contribution in [0.25, 0.3) is 0 Å². The number of benzene rings is 1. The Kier molecular flexibility index (Phi) is 5.27. The average Bonchev–Trinajstić information content (AvgIpc) is 3.04. The minimum atomic E-state index is -0.344. The maximum Gasteiger partial charge on any atom is 0.337 e. The summed E-state index contributed by atoms with van der Waals surface area (Å²) in [6.45, 7) is 1.49. The molecule has 1 saturated heterocycles. The molecule has 1 heterocycles. The first-order chi connectivity index (χ1) is 12.0. The van der Waals surface area contributed by atoms with Crippen LogP contribution in [0.3, 0.4) is 0 Å². The molecule has 1 aliphatic carbocycles. The van der Waals surface area contributed by atoms with E-state index in [2.05, 4.69) is 17.3 Å². The predicted molar refractivity (Wildman–Crippen MR) is 93.4 cm³/mol. The molecule has 1 saturated carbocycles. The number of nitrogens with one attached hydrogen (secondary N) is 1. The van der Waals surface area contributed by atoms with Crippen molar-refractivity contribution in [1.29, 1.82) is 0 Å². The van der Waals surface area contributed by atoms with Crippen molar-refractivity contribution in [3.05, 3.63) is 29.3 Å². The number of fused-ring (bicyclic) bond motifs is 1. The van der Waals surface area contributed by atoms with Gasteiger partial charge >= 0.3 is 5.97 Å². The number of methoxy groups -OCH3 is 2. The maximum atomic E-state index is 11.8. The lowest BCUT2D eigenvalue weighted by Crippen LogP contribution is -2.38. The minimum absolute atomic E-state index is 0.178. The highest BCUT2D eigenvalue weighted by Gasteiger charge is 2.39. The standard InChI is InChI=1S/C19H26N2O4/c1-21(16-7-13-9-18(22)20-10-14(13)8-16)11-15-6-12(19(23)25-3)4-5-17(15)24-2/h4-6,13-14,16H,7-11H2,1-3H3,(H,20,22)/t13-,14+,16-/m0/s1. The minimum Gasteiger partial charge on any atom is -0.496 e. The third kappa shape index (κ3) is 3.79. The summed E-state index contributed by atoms with van der Waals surface area (Å²) >= 11 is 0. The fourth-order valence-electron chi connectivity index (χ4n) is 4.14. The quantitative estimate of drug-likeness (QED) is 0.824. The normalized spacial score (nSPS) is 25.4. The fourth-order valence-corrected chi connectivity index (χ4v) is 4.14. The second-order valence-corrected chi connectivity index (χ2v) is 7.09. The van der Waals surface area contributed by atoms with Gasteiger partial charge in [0.15, 0.2) is 0 Å². The maximum absolute atomic E-state index is 11.8. The van der Waals surface area contributed by atoms with Crippen LogP contribution in [0.2, 0.25) is 0 Å². The van der Waals surface area contributed by atoms with Crippen LogP contribution in [0.1, 0.15) is 35.2 Å². The van der Waals surface area contributed by atoms with Gasteiger partial charge in [-0.2, -0.15) is 0 Å². The Bertz CT molecular complexity index is 661. The van der Waals surface area contributed by atoms with E-state index in [1.54, 1.807) is 13.2 Å². The van der Waals surface area contributed by atoms with E-state index in [9.17, 15) is 9.59 Å². The van der Waals surface area contributed by atoms with Crippen molar-refractivity contribution in [2.24, 2.45) is 11.8 Å². The first kappa shape index (κ1) is 17.7. The number of esters is 1. The van der Waals surface area contributed by atoms with Crippen LogP contribution in [0.15, 0.2) is 18.2 Å². The number of nitrogens with zero attached hydrogens (tertiary/aromatic N) is 1. The predicted octanol–water partition coefficient (Wildman–Crippen LogP) is 1.83. The Morgan fingerprint density at radius 3 is 2.76 bits per heavy atom. The SMILES string of the molecule is COC(=O)c1ccc(OC)c(CN(C)[C@H]2C[C@H]3CC(=O)NC[C@H]3C2)c1. The molecule has 3 atom stereocenters. The largest absolute Gasteiger partial charge is 0.496 e. The number of hydrogen-bond acceptors (Lipinski definition) is 5. The Morgan fingerprint density at radius 1 is 1.28 bits per heavy atom. The number of carbonyl (C=O) groups is 2. The molecule has 0 spiro atoms. The summed E-state index contributed by atoms with van der Waals surface area (Å²) in [6, 6.07) is 5.81. The summed E-state index contributed by atoms with van der Waals surface area (Å²) in [5, 5.41) is 2.98. The van der Waals surface area contributed by atoms with Crippen LogP contribution in [0, 0.1) is 11.8 Å². The number of amides is 1. The van der Waals surface area contributed by atoms with Crippen LogP contribution in [-0.2, 0) is 16.1 Å². The van der Waals surface area contributed by atoms with Gasteiger partial charge in [-0.1, -0.05) is 0 Å². The van der Waals surface area contributed by atoms with Gasteiger partial charge in [-0.25, -0.2) is 4.79 Å². The highest BCUT2D eigenvalue weighted by atomic mass is 16.5. The van der Waals surface area contributed by atoms with Crippen LogP contribution in [0.4, 0.5) is 0 Å².